The van der Waals surface area contributed by atoms with E-state index in [9.17, 15) is 13.2 Å². The van der Waals surface area contributed by atoms with Gasteiger partial charge in [-0.2, -0.15) is 13.2 Å². The monoisotopic (exact) mass is 287 g/mol. The third-order valence-electron chi connectivity index (χ3n) is 4.00. The quantitative estimate of drug-likeness (QED) is 0.760. The van der Waals surface area contributed by atoms with Crippen molar-refractivity contribution in [3.8, 4) is 0 Å². The zero-order valence-electron chi connectivity index (χ0n) is 12.6. The summed E-state index contributed by atoms with van der Waals surface area (Å²) in [6.45, 7) is 8.06. The van der Waals surface area contributed by atoms with Gasteiger partial charge >= 0.3 is 6.18 Å². The number of rotatable bonds is 6. The fourth-order valence-corrected chi connectivity index (χ4v) is 2.75. The molecule has 0 aliphatic carbocycles. The molecule has 1 aromatic rings. The summed E-state index contributed by atoms with van der Waals surface area (Å²) >= 11 is 0. The molecular formula is C16H24F3N. The molecule has 0 aromatic heterocycles. The van der Waals surface area contributed by atoms with E-state index in [1.54, 1.807) is 19.1 Å². The minimum absolute atomic E-state index is 0.196. The number of halogens is 3. The van der Waals surface area contributed by atoms with Crippen LogP contribution in [0.15, 0.2) is 24.3 Å². The average Bonchev–Trinajstić information content (AvgIpc) is 2.39. The van der Waals surface area contributed by atoms with Crippen LogP contribution in [0.3, 0.4) is 0 Å². The molecule has 114 valence electrons. The van der Waals surface area contributed by atoms with Crippen LogP contribution in [0.4, 0.5) is 13.2 Å². The molecule has 0 aliphatic heterocycles. The predicted octanol–water partition coefficient (Wildman–Crippen LogP) is 5.18. The van der Waals surface area contributed by atoms with Crippen molar-refractivity contribution in [3.63, 3.8) is 0 Å². The van der Waals surface area contributed by atoms with Gasteiger partial charge in [0.15, 0.2) is 0 Å². The first-order chi connectivity index (χ1) is 9.31. The second-order valence-corrected chi connectivity index (χ2v) is 5.34. The number of hydrogen-bond donors (Lipinski definition) is 1. The molecule has 4 heteroatoms. The van der Waals surface area contributed by atoms with Crippen molar-refractivity contribution in [2.24, 2.45) is 5.92 Å². The van der Waals surface area contributed by atoms with E-state index in [2.05, 4.69) is 19.2 Å². The first-order valence-electron chi connectivity index (χ1n) is 7.23. The van der Waals surface area contributed by atoms with E-state index in [1.165, 1.54) is 6.07 Å². The fourth-order valence-electron chi connectivity index (χ4n) is 2.75. The van der Waals surface area contributed by atoms with Crippen molar-refractivity contribution in [2.45, 2.75) is 58.8 Å². The molecule has 0 saturated heterocycles. The molecule has 0 amide bonds. The molecule has 1 rings (SSSR count). The molecule has 0 bridgehead atoms. The molecule has 0 saturated carbocycles. The summed E-state index contributed by atoms with van der Waals surface area (Å²) in [4.78, 5) is 0. The lowest BCUT2D eigenvalue weighted by Gasteiger charge is -2.28. The summed E-state index contributed by atoms with van der Waals surface area (Å²) in [7, 11) is 0. The van der Waals surface area contributed by atoms with Crippen molar-refractivity contribution in [2.75, 3.05) is 0 Å². The Balaban J connectivity index is 2.90. The van der Waals surface area contributed by atoms with Crippen LogP contribution in [0.1, 0.15) is 57.7 Å². The van der Waals surface area contributed by atoms with Crippen molar-refractivity contribution >= 4 is 0 Å². The Hall–Kier alpha value is -1.03. The topological polar surface area (TPSA) is 12.0 Å². The number of benzene rings is 1. The van der Waals surface area contributed by atoms with E-state index in [1.807, 2.05) is 6.92 Å². The van der Waals surface area contributed by atoms with Gasteiger partial charge in [0.2, 0.25) is 0 Å². The van der Waals surface area contributed by atoms with Gasteiger partial charge in [0.1, 0.15) is 0 Å². The summed E-state index contributed by atoms with van der Waals surface area (Å²) in [5.41, 5.74) is -0.227. The maximum atomic E-state index is 13.0. The van der Waals surface area contributed by atoms with E-state index >= 15 is 0 Å². The number of hydrogen-bond acceptors (Lipinski definition) is 1. The van der Waals surface area contributed by atoms with E-state index < -0.39 is 11.7 Å². The third-order valence-corrected chi connectivity index (χ3v) is 4.00. The minimum atomic E-state index is -4.30. The summed E-state index contributed by atoms with van der Waals surface area (Å²) in [6, 6.07) is 5.67. The van der Waals surface area contributed by atoms with Crippen molar-refractivity contribution in [3.05, 3.63) is 35.4 Å². The number of nitrogens with one attached hydrogen (secondary N) is 1. The van der Waals surface area contributed by atoms with Gasteiger partial charge in [0, 0.05) is 12.1 Å². The van der Waals surface area contributed by atoms with Gasteiger partial charge in [0.25, 0.3) is 0 Å². The first-order valence-corrected chi connectivity index (χ1v) is 7.23. The van der Waals surface area contributed by atoms with Crippen LogP contribution in [-0.4, -0.2) is 6.04 Å². The van der Waals surface area contributed by atoms with E-state index in [4.69, 9.17) is 0 Å². The molecule has 0 radical (unpaired) electrons. The van der Waals surface area contributed by atoms with Crippen LogP contribution >= 0.6 is 0 Å². The van der Waals surface area contributed by atoms with Gasteiger partial charge in [-0.1, -0.05) is 44.9 Å². The lowest BCUT2D eigenvalue weighted by molar-refractivity contribution is -0.138. The highest BCUT2D eigenvalue weighted by Gasteiger charge is 2.34. The smallest absolute Gasteiger partial charge is 0.307 e. The van der Waals surface area contributed by atoms with Gasteiger partial charge < -0.3 is 5.32 Å². The summed E-state index contributed by atoms with van der Waals surface area (Å²) in [6.07, 6.45) is -2.25. The Morgan fingerprint density at radius 3 is 2.10 bits per heavy atom. The second-order valence-electron chi connectivity index (χ2n) is 5.34. The number of alkyl halides is 3. The Labute approximate surface area is 119 Å². The molecule has 1 N–H and O–H groups in total. The van der Waals surface area contributed by atoms with E-state index in [0.717, 1.165) is 18.9 Å². The molecule has 1 aromatic carbocycles. The third kappa shape index (κ3) is 4.23. The SMILES string of the molecule is CCC(CC)C(C)NC(C)c1ccccc1C(F)(F)F. The molecule has 0 heterocycles. The van der Waals surface area contributed by atoms with Crippen LogP contribution in [-0.2, 0) is 6.18 Å². The fraction of sp³-hybridized carbons (Fsp3) is 0.625. The Bertz CT molecular complexity index is 410. The maximum absolute atomic E-state index is 13.0. The summed E-state index contributed by atoms with van der Waals surface area (Å²) in [5, 5.41) is 3.31. The van der Waals surface area contributed by atoms with Crippen LogP contribution in [0.5, 0.6) is 0 Å². The van der Waals surface area contributed by atoms with Gasteiger partial charge in [0.05, 0.1) is 5.56 Å². The average molecular weight is 287 g/mol. The van der Waals surface area contributed by atoms with Crippen LogP contribution < -0.4 is 5.32 Å². The zero-order valence-corrected chi connectivity index (χ0v) is 12.6. The Morgan fingerprint density at radius 2 is 1.60 bits per heavy atom. The molecule has 0 aliphatic rings. The lowest BCUT2D eigenvalue weighted by Crippen LogP contribution is -2.35. The summed E-state index contributed by atoms with van der Waals surface area (Å²) in [5.74, 6) is 0.482. The van der Waals surface area contributed by atoms with Gasteiger partial charge in [-0.3, -0.25) is 0 Å². The van der Waals surface area contributed by atoms with Gasteiger partial charge in [-0.25, -0.2) is 0 Å². The highest BCUT2D eigenvalue weighted by Crippen LogP contribution is 2.34. The molecule has 0 spiro atoms. The van der Waals surface area contributed by atoms with Crippen molar-refractivity contribution in [1.29, 1.82) is 0 Å². The minimum Gasteiger partial charge on any atom is -0.307 e. The molecule has 2 atom stereocenters. The largest absolute Gasteiger partial charge is 0.416 e. The molecular weight excluding hydrogens is 263 g/mol. The van der Waals surface area contributed by atoms with Crippen LogP contribution in [0, 0.1) is 5.92 Å². The highest BCUT2D eigenvalue weighted by atomic mass is 19.4. The van der Waals surface area contributed by atoms with E-state index in [0.29, 0.717) is 11.5 Å². The molecule has 2 unspecified atom stereocenters. The molecule has 0 fully saturated rings. The first kappa shape index (κ1) is 17.0. The molecule has 1 nitrogen and oxygen atoms in total. The second kappa shape index (κ2) is 7.11. The normalized spacial score (nSPS) is 15.4. The standard InChI is InChI=1S/C16H24F3N/c1-5-13(6-2)11(3)20-12(4)14-9-7-8-10-15(14)16(17,18)19/h7-13,20H,5-6H2,1-4H3. The van der Waals surface area contributed by atoms with Gasteiger partial charge in [-0.15, -0.1) is 0 Å². The Kier molecular flexibility index (Phi) is 6.06. The summed E-state index contributed by atoms with van der Waals surface area (Å²) < 4.78 is 39.0. The lowest BCUT2D eigenvalue weighted by atomic mass is 9.93. The zero-order chi connectivity index (χ0) is 15.3. The molecule has 20 heavy (non-hydrogen) atoms. The predicted molar refractivity (Wildman–Crippen MR) is 76.5 cm³/mol. The van der Waals surface area contributed by atoms with Crippen LogP contribution in [0.25, 0.3) is 0 Å². The Morgan fingerprint density at radius 1 is 1.05 bits per heavy atom. The maximum Gasteiger partial charge on any atom is 0.416 e. The van der Waals surface area contributed by atoms with Crippen LogP contribution in [0.2, 0.25) is 0 Å². The van der Waals surface area contributed by atoms with Crippen molar-refractivity contribution < 1.29 is 13.2 Å². The van der Waals surface area contributed by atoms with E-state index in [-0.39, 0.29) is 12.1 Å². The van der Waals surface area contributed by atoms with Crippen molar-refractivity contribution in [1.82, 2.24) is 5.32 Å². The van der Waals surface area contributed by atoms with Gasteiger partial charge in [-0.05, 0) is 31.4 Å². The highest BCUT2D eigenvalue weighted by molar-refractivity contribution is 5.32.